The Hall–Kier alpha value is -3.74. The number of fused-ring (bicyclic) bond motifs is 1. The zero-order valence-corrected chi connectivity index (χ0v) is 18.1. The first-order valence-electron chi connectivity index (χ1n) is 10.2. The van der Waals surface area contributed by atoms with E-state index in [1.165, 1.54) is 4.68 Å². The van der Waals surface area contributed by atoms with E-state index in [4.69, 9.17) is 0 Å². The fourth-order valence-corrected chi connectivity index (χ4v) is 3.62. The van der Waals surface area contributed by atoms with Gasteiger partial charge in [-0.25, -0.2) is 9.36 Å². The Kier molecular flexibility index (Phi) is 5.42. The molecule has 0 spiro atoms. The van der Waals surface area contributed by atoms with Crippen LogP contribution in [0.4, 0.5) is 0 Å². The molecule has 2 aromatic carbocycles. The van der Waals surface area contributed by atoms with Crippen molar-refractivity contribution in [1.82, 2.24) is 24.9 Å². The van der Waals surface area contributed by atoms with Gasteiger partial charge >= 0.3 is 0 Å². The van der Waals surface area contributed by atoms with Gasteiger partial charge in [-0.1, -0.05) is 48.0 Å². The normalized spacial score (nSPS) is 12.1. The molecule has 1 atom stereocenters. The topological polar surface area (TPSA) is 81.8 Å². The van der Waals surface area contributed by atoms with Gasteiger partial charge < -0.3 is 5.32 Å². The molecule has 0 aliphatic rings. The first kappa shape index (κ1) is 20.5. The van der Waals surface area contributed by atoms with Crippen molar-refractivity contribution in [2.24, 2.45) is 0 Å². The van der Waals surface area contributed by atoms with E-state index in [1.807, 2.05) is 68.4 Å². The molecule has 7 heteroatoms. The maximum atomic E-state index is 13.3. The number of hydrogen-bond donors (Lipinski definition) is 1. The van der Waals surface area contributed by atoms with Crippen LogP contribution >= 0.6 is 0 Å². The van der Waals surface area contributed by atoms with Crippen molar-refractivity contribution < 1.29 is 4.79 Å². The molecule has 0 aliphatic heterocycles. The first-order chi connectivity index (χ1) is 14.9. The van der Waals surface area contributed by atoms with E-state index in [0.717, 1.165) is 22.5 Å². The van der Waals surface area contributed by atoms with Gasteiger partial charge in [-0.3, -0.25) is 9.59 Å². The van der Waals surface area contributed by atoms with Crippen molar-refractivity contribution >= 4 is 16.8 Å². The summed E-state index contributed by atoms with van der Waals surface area (Å²) in [6.07, 6.45) is 0. The third-order valence-corrected chi connectivity index (χ3v) is 5.47. The summed E-state index contributed by atoms with van der Waals surface area (Å²) in [7, 11) is 0. The quantitative estimate of drug-likeness (QED) is 0.542. The number of rotatable bonds is 5. The lowest BCUT2D eigenvalue weighted by Crippen LogP contribution is -2.37. The SMILES string of the molecule is Cc1ccc(CNC(=O)[C@H](C)n2nc(C)c3nn(-c4ccccc4)c(C)c3c2=O)cc1. The number of nitrogens with zero attached hydrogens (tertiary/aromatic N) is 4. The zero-order valence-electron chi connectivity index (χ0n) is 18.1. The minimum absolute atomic E-state index is 0.262. The molecular formula is C24H25N5O2. The average Bonchev–Trinajstić information content (AvgIpc) is 3.14. The van der Waals surface area contributed by atoms with Crippen LogP contribution in [-0.2, 0) is 11.3 Å². The minimum Gasteiger partial charge on any atom is -0.350 e. The number of aromatic nitrogens is 4. The van der Waals surface area contributed by atoms with E-state index in [9.17, 15) is 9.59 Å². The standard InChI is InChI=1S/C24H25N5O2/c1-15-10-12-19(13-11-15)14-25-23(30)18(4)29-24(31)21-17(3)28(20-8-6-5-7-9-20)27-22(21)16(2)26-29/h5-13,18H,14H2,1-4H3,(H,25,30)/t18-/m0/s1. The van der Waals surface area contributed by atoms with Gasteiger partial charge in [0.15, 0.2) is 0 Å². The fourth-order valence-electron chi connectivity index (χ4n) is 3.62. The number of amides is 1. The Morgan fingerprint density at radius 3 is 2.35 bits per heavy atom. The predicted octanol–water partition coefficient (Wildman–Crippen LogP) is 3.38. The highest BCUT2D eigenvalue weighted by Crippen LogP contribution is 2.20. The Bertz CT molecular complexity index is 1300. The van der Waals surface area contributed by atoms with Crippen molar-refractivity contribution in [2.75, 3.05) is 0 Å². The summed E-state index contributed by atoms with van der Waals surface area (Å²) in [4.78, 5) is 26.0. The van der Waals surface area contributed by atoms with Crippen LogP contribution in [0.5, 0.6) is 0 Å². The monoisotopic (exact) mass is 415 g/mol. The first-order valence-corrected chi connectivity index (χ1v) is 10.2. The molecule has 158 valence electrons. The maximum Gasteiger partial charge on any atom is 0.278 e. The highest BCUT2D eigenvalue weighted by atomic mass is 16.2. The van der Waals surface area contributed by atoms with Crippen molar-refractivity contribution in [3.05, 3.63) is 87.5 Å². The molecule has 0 bridgehead atoms. The van der Waals surface area contributed by atoms with Gasteiger partial charge in [-0.2, -0.15) is 10.2 Å². The molecule has 0 aliphatic carbocycles. The predicted molar refractivity (Wildman–Crippen MR) is 120 cm³/mol. The molecule has 0 fully saturated rings. The number of aryl methyl sites for hydroxylation is 3. The third-order valence-electron chi connectivity index (χ3n) is 5.47. The van der Waals surface area contributed by atoms with Crippen molar-refractivity contribution in [1.29, 1.82) is 0 Å². The van der Waals surface area contributed by atoms with Gasteiger partial charge in [0.1, 0.15) is 11.6 Å². The van der Waals surface area contributed by atoms with Crippen LogP contribution in [0, 0.1) is 20.8 Å². The number of carbonyl (C=O) groups is 1. The molecule has 1 N–H and O–H groups in total. The number of nitrogens with one attached hydrogen (secondary N) is 1. The highest BCUT2D eigenvalue weighted by Gasteiger charge is 2.23. The molecule has 0 saturated heterocycles. The van der Waals surface area contributed by atoms with Gasteiger partial charge in [0, 0.05) is 6.54 Å². The third kappa shape index (κ3) is 3.86. The average molecular weight is 415 g/mol. The zero-order chi connectivity index (χ0) is 22.1. The van der Waals surface area contributed by atoms with E-state index in [-0.39, 0.29) is 11.5 Å². The van der Waals surface area contributed by atoms with Crippen LogP contribution in [0.3, 0.4) is 0 Å². The molecule has 4 rings (SSSR count). The van der Waals surface area contributed by atoms with Gasteiger partial charge in [0.05, 0.1) is 22.5 Å². The minimum atomic E-state index is -0.750. The molecular weight excluding hydrogens is 390 g/mol. The summed E-state index contributed by atoms with van der Waals surface area (Å²) >= 11 is 0. The largest absolute Gasteiger partial charge is 0.350 e. The van der Waals surface area contributed by atoms with Crippen LogP contribution in [-0.4, -0.2) is 25.5 Å². The number of hydrogen-bond acceptors (Lipinski definition) is 4. The molecule has 0 radical (unpaired) electrons. The van der Waals surface area contributed by atoms with E-state index < -0.39 is 6.04 Å². The number of carbonyl (C=O) groups excluding carboxylic acids is 1. The summed E-state index contributed by atoms with van der Waals surface area (Å²) < 4.78 is 3.00. The second-order valence-electron chi connectivity index (χ2n) is 7.77. The summed E-state index contributed by atoms with van der Waals surface area (Å²) in [5.74, 6) is -0.262. The molecule has 2 aromatic heterocycles. The van der Waals surface area contributed by atoms with Gasteiger partial charge in [-0.15, -0.1) is 0 Å². The second-order valence-corrected chi connectivity index (χ2v) is 7.77. The van der Waals surface area contributed by atoms with E-state index >= 15 is 0 Å². The second kappa shape index (κ2) is 8.18. The lowest BCUT2D eigenvalue weighted by molar-refractivity contribution is -0.124. The molecule has 7 nitrogen and oxygen atoms in total. The maximum absolute atomic E-state index is 13.3. The van der Waals surface area contributed by atoms with Gasteiger partial charge in [-0.05, 0) is 45.4 Å². The number of para-hydroxylation sites is 1. The fraction of sp³-hybridized carbons (Fsp3) is 0.250. The summed E-state index contributed by atoms with van der Waals surface area (Å²) in [5, 5.41) is 12.4. The molecule has 4 aromatic rings. The van der Waals surface area contributed by atoms with Crippen molar-refractivity contribution in [3.8, 4) is 5.69 Å². The van der Waals surface area contributed by atoms with Gasteiger partial charge in [0.2, 0.25) is 5.91 Å². The Morgan fingerprint density at radius 1 is 1.00 bits per heavy atom. The Labute approximate surface area is 180 Å². The van der Waals surface area contributed by atoms with Crippen LogP contribution in [0.2, 0.25) is 0 Å². The van der Waals surface area contributed by atoms with Crippen LogP contribution in [0.15, 0.2) is 59.4 Å². The molecule has 1 amide bonds. The molecule has 0 unspecified atom stereocenters. The number of benzene rings is 2. The smallest absolute Gasteiger partial charge is 0.278 e. The summed E-state index contributed by atoms with van der Waals surface area (Å²) in [6, 6.07) is 16.8. The van der Waals surface area contributed by atoms with E-state index in [1.54, 1.807) is 18.5 Å². The van der Waals surface area contributed by atoms with Crippen molar-refractivity contribution in [2.45, 2.75) is 40.3 Å². The van der Waals surface area contributed by atoms with Gasteiger partial charge in [0.25, 0.3) is 5.56 Å². The van der Waals surface area contributed by atoms with E-state index in [2.05, 4.69) is 15.5 Å². The summed E-state index contributed by atoms with van der Waals surface area (Å²) in [5.41, 5.74) is 4.58. The van der Waals surface area contributed by atoms with Crippen LogP contribution in [0.25, 0.3) is 16.6 Å². The lowest BCUT2D eigenvalue weighted by Gasteiger charge is -2.15. The molecule has 0 saturated carbocycles. The Balaban J connectivity index is 1.66. The highest BCUT2D eigenvalue weighted by molar-refractivity contribution is 5.84. The van der Waals surface area contributed by atoms with E-state index in [0.29, 0.717) is 23.1 Å². The van der Waals surface area contributed by atoms with Crippen molar-refractivity contribution in [3.63, 3.8) is 0 Å². The van der Waals surface area contributed by atoms with Crippen LogP contribution in [0.1, 0.15) is 35.5 Å². The molecule has 31 heavy (non-hydrogen) atoms. The molecule has 2 heterocycles. The van der Waals surface area contributed by atoms with Crippen LogP contribution < -0.4 is 10.9 Å². The summed E-state index contributed by atoms with van der Waals surface area (Å²) in [6.45, 7) is 7.75. The lowest BCUT2D eigenvalue weighted by atomic mass is 10.1. The Morgan fingerprint density at radius 2 is 1.68 bits per heavy atom.